The molecule has 2 aromatic rings. The van der Waals surface area contributed by atoms with E-state index in [9.17, 15) is 19.8 Å². The summed E-state index contributed by atoms with van der Waals surface area (Å²) in [4.78, 5) is 25.1. The van der Waals surface area contributed by atoms with E-state index in [4.69, 9.17) is 32.7 Å². The molecule has 0 aromatic heterocycles. The van der Waals surface area contributed by atoms with Crippen molar-refractivity contribution in [3.8, 4) is 0 Å². The Bertz CT molecular complexity index is 1040. The van der Waals surface area contributed by atoms with Gasteiger partial charge >= 0.3 is 11.9 Å². The minimum absolute atomic E-state index is 0.0912. The Morgan fingerprint density at radius 2 is 0.932 bits per heavy atom. The maximum atomic E-state index is 12.6. The largest absolute Gasteiger partial charge is 0.461 e. The van der Waals surface area contributed by atoms with E-state index in [1.807, 2.05) is 0 Å². The fourth-order valence-electron chi connectivity index (χ4n) is 4.58. The zero-order chi connectivity index (χ0) is 33.5. The Kier molecular flexibility index (Phi) is 17.6. The topological polar surface area (TPSA) is 93.1 Å². The SMILES string of the molecule is CC(C)CCC(CO)(CO)C(C)C.CC(C)CCC(COC(=O)c1ccc(Cl)cc1)(COC(=O)c1ccc(Cl)cc1)C(C)C. The van der Waals surface area contributed by atoms with Crippen molar-refractivity contribution < 1.29 is 29.3 Å². The maximum absolute atomic E-state index is 12.6. The highest BCUT2D eigenvalue weighted by atomic mass is 35.5. The normalized spacial score (nSPS) is 12.0. The second-order valence-electron chi connectivity index (χ2n) is 13.4. The molecule has 0 spiro atoms. The molecule has 0 amide bonds. The predicted octanol–water partition coefficient (Wildman–Crippen LogP) is 9.14. The van der Waals surface area contributed by atoms with E-state index < -0.39 is 17.4 Å². The van der Waals surface area contributed by atoms with Crippen molar-refractivity contribution in [1.82, 2.24) is 0 Å². The molecule has 0 aliphatic rings. The fourth-order valence-corrected chi connectivity index (χ4v) is 4.83. The highest BCUT2D eigenvalue weighted by Gasteiger charge is 2.37. The molecule has 44 heavy (non-hydrogen) atoms. The van der Waals surface area contributed by atoms with Gasteiger partial charge in [0.2, 0.25) is 0 Å². The highest BCUT2D eigenvalue weighted by Crippen LogP contribution is 2.36. The van der Waals surface area contributed by atoms with Crippen molar-refractivity contribution in [3.63, 3.8) is 0 Å². The molecule has 0 saturated carbocycles. The molecule has 6 nitrogen and oxygen atoms in total. The molecule has 0 aliphatic carbocycles. The summed E-state index contributed by atoms with van der Waals surface area (Å²) in [6.07, 6.45) is 3.67. The van der Waals surface area contributed by atoms with Gasteiger partial charge in [-0.3, -0.25) is 0 Å². The van der Waals surface area contributed by atoms with Crippen LogP contribution in [0, 0.1) is 34.5 Å². The molecule has 0 saturated heterocycles. The number of carbonyl (C=O) groups excluding carboxylic acids is 2. The summed E-state index contributed by atoms with van der Waals surface area (Å²) in [5.74, 6) is 0.724. The van der Waals surface area contributed by atoms with Crippen LogP contribution in [0.15, 0.2) is 48.5 Å². The van der Waals surface area contributed by atoms with E-state index in [0.29, 0.717) is 38.9 Å². The van der Waals surface area contributed by atoms with Crippen LogP contribution in [0.1, 0.15) is 102 Å². The number of esters is 2. The number of halogens is 2. The van der Waals surface area contributed by atoms with Crippen molar-refractivity contribution in [2.45, 2.75) is 81.1 Å². The lowest BCUT2D eigenvalue weighted by atomic mass is 9.73. The van der Waals surface area contributed by atoms with Crippen LogP contribution in [0.3, 0.4) is 0 Å². The number of hydrogen-bond donors (Lipinski definition) is 2. The minimum atomic E-state index is -0.492. The van der Waals surface area contributed by atoms with E-state index in [0.717, 1.165) is 25.7 Å². The summed E-state index contributed by atoms with van der Waals surface area (Å²) < 4.78 is 11.4. The number of carbonyl (C=O) groups is 2. The summed E-state index contributed by atoms with van der Waals surface area (Å²) >= 11 is 11.8. The first-order valence-corrected chi connectivity index (χ1v) is 16.4. The first-order valence-electron chi connectivity index (χ1n) is 15.7. The molecule has 248 valence electrons. The zero-order valence-corrected chi connectivity index (χ0v) is 29.4. The van der Waals surface area contributed by atoms with Crippen molar-refractivity contribution in [3.05, 3.63) is 69.7 Å². The first kappa shape index (κ1) is 39.9. The van der Waals surface area contributed by atoms with Crippen LogP contribution in [-0.2, 0) is 9.47 Å². The predicted molar refractivity (Wildman–Crippen MR) is 180 cm³/mol. The van der Waals surface area contributed by atoms with Gasteiger partial charge in [-0.15, -0.1) is 0 Å². The molecule has 0 unspecified atom stereocenters. The molecule has 0 fully saturated rings. The summed E-state index contributed by atoms with van der Waals surface area (Å²) in [7, 11) is 0. The molecule has 8 heteroatoms. The third kappa shape index (κ3) is 13.1. The lowest BCUT2D eigenvalue weighted by molar-refractivity contribution is -0.0304. The number of benzene rings is 2. The molecule has 0 heterocycles. The smallest absolute Gasteiger partial charge is 0.338 e. The molecule has 2 N–H and O–H groups in total. The van der Waals surface area contributed by atoms with E-state index in [2.05, 4.69) is 55.4 Å². The lowest BCUT2D eigenvalue weighted by Crippen LogP contribution is -2.39. The molecule has 0 aliphatic heterocycles. The molecular formula is C36H54Cl2O6. The Balaban J connectivity index is 0.000000627. The Morgan fingerprint density at radius 3 is 1.20 bits per heavy atom. The van der Waals surface area contributed by atoms with Crippen molar-refractivity contribution in [1.29, 1.82) is 0 Å². The van der Waals surface area contributed by atoms with Gasteiger partial charge in [-0.1, -0.05) is 91.4 Å². The van der Waals surface area contributed by atoms with Crippen LogP contribution in [0.5, 0.6) is 0 Å². The summed E-state index contributed by atoms with van der Waals surface area (Å²) in [6.45, 7) is 17.4. The number of ether oxygens (including phenoxy) is 2. The molecule has 0 radical (unpaired) electrons. The highest BCUT2D eigenvalue weighted by molar-refractivity contribution is 6.31. The Morgan fingerprint density at radius 1 is 0.614 bits per heavy atom. The molecule has 2 rings (SSSR count). The maximum Gasteiger partial charge on any atom is 0.338 e. The average Bonchev–Trinajstić information content (AvgIpc) is 2.98. The monoisotopic (exact) mass is 652 g/mol. The summed E-state index contributed by atoms with van der Waals surface area (Å²) in [5.41, 5.74) is 0.103. The van der Waals surface area contributed by atoms with Crippen molar-refractivity contribution >= 4 is 35.1 Å². The van der Waals surface area contributed by atoms with Crippen LogP contribution < -0.4 is 0 Å². The molecule has 0 atom stereocenters. The Hall–Kier alpha value is -2.12. The van der Waals surface area contributed by atoms with Crippen LogP contribution in [0.2, 0.25) is 10.0 Å². The Labute approximate surface area is 275 Å². The van der Waals surface area contributed by atoms with Gasteiger partial charge in [0.25, 0.3) is 0 Å². The molecular weight excluding hydrogens is 599 g/mol. The van der Waals surface area contributed by atoms with Gasteiger partial charge in [0.1, 0.15) is 13.2 Å². The third-order valence-electron chi connectivity index (χ3n) is 8.66. The fraction of sp³-hybridized carbons (Fsp3) is 0.611. The second kappa shape index (κ2) is 19.4. The van der Waals surface area contributed by atoms with Gasteiger partial charge in [-0.05, 0) is 85.0 Å². The van der Waals surface area contributed by atoms with Crippen LogP contribution in [0.4, 0.5) is 0 Å². The molecule has 0 bridgehead atoms. The summed E-state index contributed by atoms with van der Waals surface area (Å²) in [5, 5.41) is 19.7. The lowest BCUT2D eigenvalue weighted by Gasteiger charge is -2.37. The third-order valence-corrected chi connectivity index (χ3v) is 9.16. The van der Waals surface area contributed by atoms with Gasteiger partial charge in [-0.2, -0.15) is 0 Å². The van der Waals surface area contributed by atoms with E-state index in [1.165, 1.54) is 0 Å². The van der Waals surface area contributed by atoms with Gasteiger partial charge in [0.15, 0.2) is 0 Å². The van der Waals surface area contributed by atoms with Gasteiger partial charge in [0, 0.05) is 20.9 Å². The van der Waals surface area contributed by atoms with E-state index in [1.54, 1.807) is 48.5 Å². The first-order chi connectivity index (χ1) is 20.6. The van der Waals surface area contributed by atoms with Crippen LogP contribution >= 0.6 is 23.2 Å². The second-order valence-corrected chi connectivity index (χ2v) is 14.3. The standard InChI is InChI=1S/C25H30Cl2O4.C11H24O2/c1-17(2)13-14-25(18(3)4,15-30-23(28)19-5-9-21(26)10-6-19)16-31-24(29)20-7-11-22(27)12-8-20;1-9(2)5-6-11(7-12,8-13)10(3)4/h5-12,17-18H,13-16H2,1-4H3;9-10,12-13H,5-8H2,1-4H3. The number of rotatable bonds is 16. The number of aliphatic hydroxyl groups excluding tert-OH is 2. The zero-order valence-electron chi connectivity index (χ0n) is 27.9. The molecule has 2 aromatic carbocycles. The van der Waals surface area contributed by atoms with Gasteiger partial charge in [-0.25, -0.2) is 9.59 Å². The van der Waals surface area contributed by atoms with Crippen LogP contribution in [0.25, 0.3) is 0 Å². The van der Waals surface area contributed by atoms with Crippen molar-refractivity contribution in [2.75, 3.05) is 26.4 Å². The van der Waals surface area contributed by atoms with Crippen LogP contribution in [-0.4, -0.2) is 48.6 Å². The summed E-state index contributed by atoms with van der Waals surface area (Å²) in [6, 6.07) is 13.2. The number of hydrogen-bond acceptors (Lipinski definition) is 6. The minimum Gasteiger partial charge on any atom is -0.461 e. The van der Waals surface area contributed by atoms with Crippen molar-refractivity contribution in [2.24, 2.45) is 34.5 Å². The van der Waals surface area contributed by atoms with E-state index >= 15 is 0 Å². The van der Waals surface area contributed by atoms with Gasteiger partial charge < -0.3 is 19.7 Å². The number of aliphatic hydroxyl groups is 2. The average molecular weight is 654 g/mol. The quantitative estimate of drug-likeness (QED) is 0.176. The van der Waals surface area contributed by atoms with E-state index in [-0.39, 0.29) is 37.8 Å². The van der Waals surface area contributed by atoms with Gasteiger partial charge in [0.05, 0.1) is 24.3 Å².